The van der Waals surface area contributed by atoms with Crippen molar-refractivity contribution in [1.82, 2.24) is 10.6 Å². The van der Waals surface area contributed by atoms with E-state index in [0.29, 0.717) is 5.56 Å². The second kappa shape index (κ2) is 8.47. The van der Waals surface area contributed by atoms with Gasteiger partial charge in [0.05, 0.1) is 5.56 Å². The maximum absolute atomic E-state index is 12.1. The number of hydrogen-bond acceptors (Lipinski definition) is 4. The summed E-state index contributed by atoms with van der Waals surface area (Å²) < 4.78 is 5.14. The van der Waals surface area contributed by atoms with Gasteiger partial charge >= 0.3 is 12.0 Å². The zero-order valence-corrected chi connectivity index (χ0v) is 14.1. The van der Waals surface area contributed by atoms with Gasteiger partial charge in [0, 0.05) is 6.04 Å². The summed E-state index contributed by atoms with van der Waals surface area (Å²) in [6.45, 7) is 3.23. The Hall–Kier alpha value is -2.37. The second-order valence-electron chi connectivity index (χ2n) is 6.16. The number of aryl methyl sites for hydroxylation is 1. The molecule has 1 aromatic carbocycles. The van der Waals surface area contributed by atoms with Crippen LogP contribution in [0.3, 0.4) is 0 Å². The van der Waals surface area contributed by atoms with Crippen molar-refractivity contribution in [2.75, 3.05) is 0 Å². The Morgan fingerprint density at radius 2 is 1.79 bits per heavy atom. The predicted molar refractivity (Wildman–Crippen MR) is 89.6 cm³/mol. The lowest BCUT2D eigenvalue weighted by Crippen LogP contribution is -2.48. The van der Waals surface area contributed by atoms with Gasteiger partial charge in [0.25, 0.3) is 5.91 Å². The average Bonchev–Trinajstić information content (AvgIpc) is 2.55. The number of nitrogens with one attached hydrogen (secondary N) is 2. The maximum atomic E-state index is 12.1. The molecule has 3 amide bonds. The lowest BCUT2D eigenvalue weighted by Gasteiger charge is -2.23. The smallest absolute Gasteiger partial charge is 0.339 e. The minimum Gasteiger partial charge on any atom is -0.449 e. The fourth-order valence-electron chi connectivity index (χ4n) is 2.76. The summed E-state index contributed by atoms with van der Waals surface area (Å²) in [5, 5.41) is 5.02. The highest BCUT2D eigenvalue weighted by atomic mass is 16.5. The van der Waals surface area contributed by atoms with Gasteiger partial charge in [0.1, 0.15) is 0 Å². The quantitative estimate of drug-likeness (QED) is 0.830. The number of carbonyl (C=O) groups is 3. The summed E-state index contributed by atoms with van der Waals surface area (Å²) >= 11 is 0. The number of ether oxygens (including phenoxy) is 1. The molecule has 1 atom stereocenters. The van der Waals surface area contributed by atoms with Crippen molar-refractivity contribution in [3.05, 3.63) is 35.4 Å². The molecule has 1 saturated carbocycles. The molecule has 0 bridgehead atoms. The van der Waals surface area contributed by atoms with E-state index in [-0.39, 0.29) is 6.04 Å². The van der Waals surface area contributed by atoms with Gasteiger partial charge in [0.15, 0.2) is 6.10 Å². The second-order valence-corrected chi connectivity index (χ2v) is 6.16. The third-order valence-corrected chi connectivity index (χ3v) is 4.20. The van der Waals surface area contributed by atoms with Crippen molar-refractivity contribution >= 4 is 17.9 Å². The van der Waals surface area contributed by atoms with Crippen molar-refractivity contribution in [3.8, 4) is 0 Å². The molecule has 6 nitrogen and oxygen atoms in total. The summed E-state index contributed by atoms with van der Waals surface area (Å²) in [6, 6.07) is 6.54. The Bertz CT molecular complexity index is 609. The van der Waals surface area contributed by atoms with E-state index in [4.69, 9.17) is 4.74 Å². The van der Waals surface area contributed by atoms with Crippen LogP contribution >= 0.6 is 0 Å². The van der Waals surface area contributed by atoms with E-state index in [1.165, 1.54) is 13.3 Å². The van der Waals surface area contributed by atoms with E-state index in [1.807, 2.05) is 6.07 Å². The first-order valence-corrected chi connectivity index (χ1v) is 8.35. The topological polar surface area (TPSA) is 84.5 Å². The fourth-order valence-corrected chi connectivity index (χ4v) is 2.76. The number of rotatable bonds is 4. The first-order valence-electron chi connectivity index (χ1n) is 8.35. The van der Waals surface area contributed by atoms with Crippen LogP contribution in [0.15, 0.2) is 24.3 Å². The molecule has 1 fully saturated rings. The molecule has 0 saturated heterocycles. The first kappa shape index (κ1) is 18.0. The van der Waals surface area contributed by atoms with Gasteiger partial charge in [-0.05, 0) is 38.3 Å². The Morgan fingerprint density at radius 3 is 2.46 bits per heavy atom. The Balaban J connectivity index is 1.82. The monoisotopic (exact) mass is 332 g/mol. The highest BCUT2D eigenvalue weighted by molar-refractivity contribution is 5.98. The standard InChI is InChI=1S/C18H24N2O4/c1-12-8-6-7-11-15(12)17(22)24-13(2)16(21)20-18(23)19-14-9-4-3-5-10-14/h6-8,11,13-14H,3-5,9-10H2,1-2H3,(H2,19,20,21,23)/t13-/m0/s1. The van der Waals surface area contributed by atoms with Gasteiger partial charge in [-0.3, -0.25) is 10.1 Å². The largest absolute Gasteiger partial charge is 0.449 e. The summed E-state index contributed by atoms with van der Waals surface area (Å²) in [5.74, 6) is -1.21. The highest BCUT2D eigenvalue weighted by Crippen LogP contribution is 2.17. The first-order chi connectivity index (χ1) is 11.5. The van der Waals surface area contributed by atoms with Crippen molar-refractivity contribution in [2.24, 2.45) is 0 Å². The molecule has 24 heavy (non-hydrogen) atoms. The van der Waals surface area contributed by atoms with Crippen LogP contribution in [0.2, 0.25) is 0 Å². The lowest BCUT2D eigenvalue weighted by molar-refractivity contribution is -0.127. The van der Waals surface area contributed by atoms with Crippen LogP contribution < -0.4 is 10.6 Å². The van der Waals surface area contributed by atoms with Crippen molar-refractivity contribution in [1.29, 1.82) is 0 Å². The summed E-state index contributed by atoms with van der Waals surface area (Å²) in [6.07, 6.45) is 4.17. The number of carbonyl (C=O) groups excluding carboxylic acids is 3. The van der Waals surface area contributed by atoms with Crippen LogP contribution in [-0.2, 0) is 9.53 Å². The molecule has 130 valence electrons. The zero-order chi connectivity index (χ0) is 17.5. The van der Waals surface area contributed by atoms with Gasteiger partial charge in [-0.15, -0.1) is 0 Å². The van der Waals surface area contributed by atoms with Crippen LogP contribution in [0.1, 0.15) is 54.9 Å². The summed E-state index contributed by atoms with van der Waals surface area (Å²) in [7, 11) is 0. The van der Waals surface area contributed by atoms with Gasteiger partial charge in [-0.25, -0.2) is 9.59 Å². The van der Waals surface area contributed by atoms with E-state index >= 15 is 0 Å². The molecule has 2 N–H and O–H groups in total. The third kappa shape index (κ3) is 5.08. The van der Waals surface area contributed by atoms with Crippen LogP contribution in [0.4, 0.5) is 4.79 Å². The predicted octanol–water partition coefficient (Wildman–Crippen LogP) is 2.70. The van der Waals surface area contributed by atoms with E-state index in [2.05, 4.69) is 10.6 Å². The van der Waals surface area contributed by atoms with Crippen molar-refractivity contribution < 1.29 is 19.1 Å². The van der Waals surface area contributed by atoms with Gasteiger partial charge in [0.2, 0.25) is 0 Å². The highest BCUT2D eigenvalue weighted by Gasteiger charge is 2.23. The van der Waals surface area contributed by atoms with Gasteiger partial charge < -0.3 is 10.1 Å². The minimum atomic E-state index is -1.05. The normalized spacial score (nSPS) is 16.1. The molecule has 1 aromatic rings. The number of esters is 1. The summed E-state index contributed by atoms with van der Waals surface area (Å²) in [4.78, 5) is 35.9. The Morgan fingerprint density at radius 1 is 1.12 bits per heavy atom. The average molecular weight is 332 g/mol. The molecule has 6 heteroatoms. The summed E-state index contributed by atoms with van der Waals surface area (Å²) in [5.41, 5.74) is 1.17. The van der Waals surface area contributed by atoms with Crippen LogP contribution in [-0.4, -0.2) is 30.1 Å². The molecule has 0 unspecified atom stereocenters. The van der Waals surface area contributed by atoms with Crippen LogP contribution in [0.5, 0.6) is 0 Å². The van der Waals surface area contributed by atoms with Crippen LogP contribution in [0.25, 0.3) is 0 Å². The molecule has 1 aliphatic rings. The number of benzene rings is 1. The molecular weight excluding hydrogens is 308 g/mol. The SMILES string of the molecule is Cc1ccccc1C(=O)O[C@@H](C)C(=O)NC(=O)NC1CCCCC1. The van der Waals surface area contributed by atoms with E-state index in [1.54, 1.807) is 25.1 Å². The minimum absolute atomic E-state index is 0.108. The third-order valence-electron chi connectivity index (χ3n) is 4.20. The Labute approximate surface area is 142 Å². The van der Waals surface area contributed by atoms with Gasteiger partial charge in [-0.2, -0.15) is 0 Å². The molecule has 0 aliphatic heterocycles. The lowest BCUT2D eigenvalue weighted by atomic mass is 9.96. The number of hydrogen-bond donors (Lipinski definition) is 2. The maximum Gasteiger partial charge on any atom is 0.339 e. The van der Waals surface area contributed by atoms with Crippen molar-refractivity contribution in [2.45, 2.75) is 58.1 Å². The molecule has 0 aromatic heterocycles. The number of urea groups is 1. The number of imide groups is 1. The van der Waals surface area contributed by atoms with E-state index in [9.17, 15) is 14.4 Å². The Kier molecular flexibility index (Phi) is 6.35. The molecule has 2 rings (SSSR count). The van der Waals surface area contributed by atoms with Crippen LogP contribution in [0, 0.1) is 6.92 Å². The molecular formula is C18H24N2O4. The van der Waals surface area contributed by atoms with E-state index in [0.717, 1.165) is 31.2 Å². The molecule has 1 aliphatic carbocycles. The zero-order valence-electron chi connectivity index (χ0n) is 14.1. The van der Waals surface area contributed by atoms with E-state index < -0.39 is 24.0 Å². The van der Waals surface area contributed by atoms with Crippen molar-refractivity contribution in [3.63, 3.8) is 0 Å². The number of amides is 3. The molecule has 0 radical (unpaired) electrons. The molecule has 0 spiro atoms. The fraction of sp³-hybridized carbons (Fsp3) is 0.500. The van der Waals surface area contributed by atoms with Gasteiger partial charge in [-0.1, -0.05) is 37.5 Å². The molecule has 0 heterocycles.